The van der Waals surface area contributed by atoms with Gasteiger partial charge in [-0.15, -0.1) is 0 Å². The molecular formula is C23H23ClN4O3. The van der Waals surface area contributed by atoms with E-state index in [1.807, 2.05) is 49.4 Å². The van der Waals surface area contributed by atoms with Crippen LogP contribution in [0.2, 0.25) is 5.02 Å². The standard InChI is InChI=1S/C23H23ClN4O3/c1-15-19(22-26-21(27-31-22)17-10-6-11-18(24)14-17)20(16-8-4-3-5-9-16)25-23(29)28(15)12-7-13-30-2/h3-6,8-11,14,20H,7,12-13H2,1-2H3,(H,25,29). The van der Waals surface area contributed by atoms with Crippen LogP contribution in [0.3, 0.4) is 0 Å². The molecular weight excluding hydrogens is 416 g/mol. The van der Waals surface area contributed by atoms with Crippen LogP contribution < -0.4 is 5.32 Å². The van der Waals surface area contributed by atoms with Gasteiger partial charge in [0.1, 0.15) is 0 Å². The third-order valence-corrected chi connectivity index (χ3v) is 5.43. The minimum Gasteiger partial charge on any atom is -0.385 e. The smallest absolute Gasteiger partial charge is 0.322 e. The van der Waals surface area contributed by atoms with Crippen LogP contribution in [-0.4, -0.2) is 41.3 Å². The van der Waals surface area contributed by atoms with Crippen molar-refractivity contribution in [3.05, 3.63) is 76.8 Å². The van der Waals surface area contributed by atoms with E-state index in [1.54, 1.807) is 24.1 Å². The van der Waals surface area contributed by atoms with Gasteiger partial charge in [0.15, 0.2) is 0 Å². The highest BCUT2D eigenvalue weighted by Crippen LogP contribution is 2.37. The molecule has 3 aromatic rings. The van der Waals surface area contributed by atoms with E-state index in [9.17, 15) is 4.79 Å². The Balaban J connectivity index is 1.76. The molecule has 1 unspecified atom stereocenters. The minimum atomic E-state index is -0.403. The van der Waals surface area contributed by atoms with Crippen LogP contribution >= 0.6 is 11.6 Å². The molecule has 0 radical (unpaired) electrons. The lowest BCUT2D eigenvalue weighted by Gasteiger charge is -2.35. The summed E-state index contributed by atoms with van der Waals surface area (Å²) in [5.74, 6) is 0.797. The van der Waals surface area contributed by atoms with Crippen LogP contribution in [0.15, 0.2) is 64.8 Å². The monoisotopic (exact) mass is 438 g/mol. The van der Waals surface area contributed by atoms with Crippen molar-refractivity contribution < 1.29 is 14.1 Å². The molecule has 0 bridgehead atoms. The summed E-state index contributed by atoms with van der Waals surface area (Å²) in [6.07, 6.45) is 0.710. The lowest BCUT2D eigenvalue weighted by Crippen LogP contribution is -2.46. The maximum Gasteiger partial charge on any atom is 0.322 e. The molecule has 0 aliphatic carbocycles. The number of carbonyl (C=O) groups excluding carboxylic acids is 1. The number of urea groups is 1. The van der Waals surface area contributed by atoms with E-state index in [2.05, 4.69) is 15.5 Å². The highest BCUT2D eigenvalue weighted by molar-refractivity contribution is 6.30. The van der Waals surface area contributed by atoms with Crippen molar-refractivity contribution in [1.29, 1.82) is 0 Å². The maximum absolute atomic E-state index is 12.9. The van der Waals surface area contributed by atoms with E-state index in [0.29, 0.717) is 36.3 Å². The van der Waals surface area contributed by atoms with Gasteiger partial charge in [-0.1, -0.05) is 59.2 Å². The van der Waals surface area contributed by atoms with Gasteiger partial charge in [-0.25, -0.2) is 4.79 Å². The Labute approximate surface area is 185 Å². The van der Waals surface area contributed by atoms with Crippen molar-refractivity contribution in [1.82, 2.24) is 20.4 Å². The van der Waals surface area contributed by atoms with Gasteiger partial charge < -0.3 is 14.6 Å². The molecule has 1 atom stereocenters. The molecule has 0 fully saturated rings. The zero-order valence-corrected chi connectivity index (χ0v) is 18.1. The molecule has 2 amide bonds. The molecule has 1 aliphatic rings. The van der Waals surface area contributed by atoms with E-state index in [-0.39, 0.29) is 6.03 Å². The van der Waals surface area contributed by atoms with Gasteiger partial charge in [0.25, 0.3) is 5.89 Å². The molecule has 160 valence electrons. The largest absolute Gasteiger partial charge is 0.385 e. The minimum absolute atomic E-state index is 0.166. The van der Waals surface area contributed by atoms with Crippen LogP contribution in [0.4, 0.5) is 4.79 Å². The van der Waals surface area contributed by atoms with Gasteiger partial charge in [-0.3, -0.25) is 4.90 Å². The van der Waals surface area contributed by atoms with Crippen molar-refractivity contribution in [2.45, 2.75) is 19.4 Å². The quantitative estimate of drug-likeness (QED) is 0.529. The van der Waals surface area contributed by atoms with Gasteiger partial charge >= 0.3 is 6.03 Å². The molecule has 0 spiro atoms. The molecule has 0 saturated heterocycles. The number of halogens is 1. The number of carbonyl (C=O) groups is 1. The fourth-order valence-electron chi connectivity index (χ4n) is 3.67. The summed E-state index contributed by atoms with van der Waals surface area (Å²) in [4.78, 5) is 19.2. The lowest BCUT2D eigenvalue weighted by molar-refractivity contribution is 0.174. The molecule has 8 heteroatoms. The van der Waals surface area contributed by atoms with E-state index >= 15 is 0 Å². The summed E-state index contributed by atoms with van der Waals surface area (Å²) < 4.78 is 10.8. The fraction of sp³-hybridized carbons (Fsp3) is 0.261. The maximum atomic E-state index is 12.9. The number of nitrogens with zero attached hydrogens (tertiary/aromatic N) is 3. The number of ether oxygens (including phenoxy) is 1. The van der Waals surface area contributed by atoms with E-state index < -0.39 is 6.04 Å². The van der Waals surface area contributed by atoms with Gasteiger partial charge in [0.05, 0.1) is 11.6 Å². The zero-order valence-electron chi connectivity index (χ0n) is 17.3. The number of allylic oxidation sites excluding steroid dienone is 1. The molecule has 1 N–H and O–H groups in total. The first-order valence-corrected chi connectivity index (χ1v) is 10.4. The van der Waals surface area contributed by atoms with Crippen molar-refractivity contribution in [2.75, 3.05) is 20.3 Å². The molecule has 2 heterocycles. The molecule has 4 rings (SSSR count). The summed E-state index contributed by atoms with van der Waals surface area (Å²) in [5, 5.41) is 7.83. The third-order valence-electron chi connectivity index (χ3n) is 5.20. The Morgan fingerprint density at radius 1 is 1.19 bits per heavy atom. The number of nitrogens with one attached hydrogen (secondary N) is 1. The van der Waals surface area contributed by atoms with E-state index in [4.69, 9.17) is 20.9 Å². The number of rotatable bonds is 7. The first kappa shape index (κ1) is 21.1. The first-order chi connectivity index (χ1) is 15.1. The highest BCUT2D eigenvalue weighted by atomic mass is 35.5. The normalized spacial score (nSPS) is 16.5. The first-order valence-electron chi connectivity index (χ1n) is 10.0. The van der Waals surface area contributed by atoms with Gasteiger partial charge in [0.2, 0.25) is 5.82 Å². The van der Waals surface area contributed by atoms with E-state index in [1.165, 1.54) is 0 Å². The number of hydrogen-bond acceptors (Lipinski definition) is 5. The Hall–Kier alpha value is -3.16. The topological polar surface area (TPSA) is 80.5 Å². The Kier molecular flexibility index (Phi) is 6.34. The van der Waals surface area contributed by atoms with Crippen molar-refractivity contribution in [3.63, 3.8) is 0 Å². The highest BCUT2D eigenvalue weighted by Gasteiger charge is 2.35. The molecule has 1 aliphatic heterocycles. The molecule has 31 heavy (non-hydrogen) atoms. The Morgan fingerprint density at radius 2 is 2.00 bits per heavy atom. The summed E-state index contributed by atoms with van der Waals surface area (Å²) in [6.45, 7) is 2.99. The Bertz CT molecular complexity index is 1100. The molecule has 0 saturated carbocycles. The third kappa shape index (κ3) is 4.47. The van der Waals surface area contributed by atoms with Crippen molar-refractivity contribution in [2.24, 2.45) is 0 Å². The number of hydrogen-bond donors (Lipinski definition) is 1. The summed E-state index contributed by atoms with van der Waals surface area (Å²) in [6, 6.07) is 16.4. The van der Waals surface area contributed by atoms with E-state index in [0.717, 1.165) is 22.4 Å². The summed E-state index contributed by atoms with van der Waals surface area (Å²) >= 11 is 6.11. The number of methoxy groups -OCH3 is 1. The van der Waals surface area contributed by atoms with Crippen LogP contribution in [-0.2, 0) is 4.74 Å². The second-order valence-electron chi connectivity index (χ2n) is 7.22. The average molecular weight is 439 g/mol. The van der Waals surface area contributed by atoms with Crippen LogP contribution in [0.5, 0.6) is 0 Å². The summed E-state index contributed by atoms with van der Waals surface area (Å²) in [7, 11) is 1.64. The molecule has 7 nitrogen and oxygen atoms in total. The SMILES string of the molecule is COCCCN1C(=O)NC(c2ccccc2)C(c2nc(-c3cccc(Cl)c3)no2)=C1C. The second kappa shape index (κ2) is 9.32. The predicted octanol–water partition coefficient (Wildman–Crippen LogP) is 4.92. The number of amides is 2. The van der Waals surface area contributed by atoms with Crippen LogP contribution in [0.25, 0.3) is 17.0 Å². The fourth-order valence-corrected chi connectivity index (χ4v) is 3.86. The number of aromatic nitrogens is 2. The molecule has 1 aromatic heterocycles. The summed E-state index contributed by atoms with van der Waals surface area (Å²) in [5.41, 5.74) is 3.23. The zero-order chi connectivity index (χ0) is 21.8. The predicted molar refractivity (Wildman–Crippen MR) is 118 cm³/mol. The average Bonchev–Trinajstić information content (AvgIpc) is 3.26. The molecule has 2 aromatic carbocycles. The van der Waals surface area contributed by atoms with Crippen LogP contribution in [0.1, 0.15) is 30.8 Å². The lowest BCUT2D eigenvalue weighted by atomic mass is 9.94. The number of benzene rings is 2. The van der Waals surface area contributed by atoms with Crippen molar-refractivity contribution in [3.8, 4) is 11.4 Å². The second-order valence-corrected chi connectivity index (χ2v) is 7.66. The van der Waals surface area contributed by atoms with Gasteiger partial charge in [0, 0.05) is 36.5 Å². The van der Waals surface area contributed by atoms with Gasteiger partial charge in [-0.2, -0.15) is 4.98 Å². The van der Waals surface area contributed by atoms with Gasteiger partial charge in [-0.05, 0) is 31.0 Å². The van der Waals surface area contributed by atoms with Crippen LogP contribution in [0, 0.1) is 0 Å². The van der Waals surface area contributed by atoms with Crippen molar-refractivity contribution >= 4 is 23.2 Å². The Morgan fingerprint density at radius 3 is 2.74 bits per heavy atom.